The monoisotopic (exact) mass is 134 g/mol. The lowest BCUT2D eigenvalue weighted by atomic mass is 10.1. The fourth-order valence-corrected chi connectivity index (χ4v) is 2.23. The third kappa shape index (κ3) is 1.70. The van der Waals surface area contributed by atoms with Crippen molar-refractivity contribution in [1.82, 2.24) is 0 Å². The van der Waals surface area contributed by atoms with E-state index in [4.69, 9.17) is 10.2 Å². The molecule has 3 heteroatoms. The van der Waals surface area contributed by atoms with Gasteiger partial charge in [0, 0.05) is 12.8 Å². The first-order valence-electron chi connectivity index (χ1n) is 2.86. The Kier molecular flexibility index (Phi) is 1.86. The van der Waals surface area contributed by atoms with Gasteiger partial charge in [0.15, 0.2) is 5.79 Å². The smallest absolute Gasteiger partial charge is 0.163 e. The van der Waals surface area contributed by atoms with Crippen molar-refractivity contribution in [2.24, 2.45) is 0 Å². The number of hydrogen-bond acceptors (Lipinski definition) is 2. The standard InChI is InChI=1S/C5H11O2P/c6-5(7)1-3-8-4-2-5/h6-8H,1-4H2. The van der Waals surface area contributed by atoms with Gasteiger partial charge in [-0.2, -0.15) is 0 Å². The van der Waals surface area contributed by atoms with Gasteiger partial charge in [-0.15, -0.1) is 8.58 Å². The van der Waals surface area contributed by atoms with E-state index in [-0.39, 0.29) is 0 Å². The molecule has 1 fully saturated rings. The SMILES string of the molecule is OC1(O)CCPCC1. The summed E-state index contributed by atoms with van der Waals surface area (Å²) < 4.78 is 0. The molecule has 0 atom stereocenters. The molecular weight excluding hydrogens is 123 g/mol. The zero-order chi connectivity index (χ0) is 6.04. The maximum Gasteiger partial charge on any atom is 0.163 e. The minimum atomic E-state index is -1.31. The molecule has 8 heavy (non-hydrogen) atoms. The highest BCUT2D eigenvalue weighted by Crippen LogP contribution is 2.28. The number of rotatable bonds is 0. The Morgan fingerprint density at radius 1 is 1.12 bits per heavy atom. The van der Waals surface area contributed by atoms with E-state index in [1.807, 2.05) is 0 Å². The summed E-state index contributed by atoms with van der Waals surface area (Å²) in [6.45, 7) is 0. The third-order valence-corrected chi connectivity index (χ3v) is 2.61. The van der Waals surface area contributed by atoms with Gasteiger partial charge in [-0.25, -0.2) is 0 Å². The van der Waals surface area contributed by atoms with Crippen molar-refractivity contribution < 1.29 is 10.2 Å². The molecule has 1 aliphatic heterocycles. The van der Waals surface area contributed by atoms with Crippen LogP contribution in [-0.4, -0.2) is 28.3 Å². The Hall–Kier alpha value is 0.350. The van der Waals surface area contributed by atoms with Gasteiger partial charge in [0.2, 0.25) is 0 Å². The summed E-state index contributed by atoms with van der Waals surface area (Å²) in [5.74, 6) is -1.31. The van der Waals surface area contributed by atoms with Crippen LogP contribution in [0.1, 0.15) is 12.8 Å². The number of aliphatic hydroxyl groups is 2. The second kappa shape index (κ2) is 2.30. The summed E-state index contributed by atoms with van der Waals surface area (Å²) in [5, 5.41) is 17.9. The molecule has 1 saturated heterocycles. The normalized spacial score (nSPS) is 27.8. The maximum absolute atomic E-state index is 8.93. The molecule has 2 N–H and O–H groups in total. The van der Waals surface area contributed by atoms with Crippen molar-refractivity contribution in [2.45, 2.75) is 18.6 Å². The van der Waals surface area contributed by atoms with Gasteiger partial charge in [-0.05, 0) is 12.3 Å². The predicted octanol–water partition coefficient (Wildman–Crippen LogP) is 0.140. The van der Waals surface area contributed by atoms with E-state index in [9.17, 15) is 0 Å². The molecule has 0 spiro atoms. The average molecular weight is 134 g/mol. The Bertz CT molecular complexity index is 74.5. The lowest BCUT2D eigenvalue weighted by Crippen LogP contribution is -2.31. The zero-order valence-electron chi connectivity index (χ0n) is 4.72. The molecule has 0 aromatic rings. The van der Waals surface area contributed by atoms with Gasteiger partial charge in [0.1, 0.15) is 0 Å². The van der Waals surface area contributed by atoms with E-state index in [0.717, 1.165) is 20.9 Å². The minimum Gasteiger partial charge on any atom is -0.366 e. The van der Waals surface area contributed by atoms with Gasteiger partial charge in [0.05, 0.1) is 0 Å². The molecule has 0 radical (unpaired) electrons. The molecule has 0 aromatic carbocycles. The molecule has 2 nitrogen and oxygen atoms in total. The molecule has 0 unspecified atom stereocenters. The van der Waals surface area contributed by atoms with Gasteiger partial charge < -0.3 is 10.2 Å². The Morgan fingerprint density at radius 2 is 1.62 bits per heavy atom. The lowest BCUT2D eigenvalue weighted by Gasteiger charge is -2.25. The van der Waals surface area contributed by atoms with Crippen molar-refractivity contribution in [3.63, 3.8) is 0 Å². The summed E-state index contributed by atoms with van der Waals surface area (Å²) in [4.78, 5) is 0. The molecule has 0 saturated carbocycles. The van der Waals surface area contributed by atoms with E-state index < -0.39 is 5.79 Å². The van der Waals surface area contributed by atoms with E-state index in [1.165, 1.54) is 0 Å². The van der Waals surface area contributed by atoms with Crippen LogP contribution in [0.4, 0.5) is 0 Å². The van der Waals surface area contributed by atoms with Crippen LogP contribution in [0, 0.1) is 0 Å². The van der Waals surface area contributed by atoms with Crippen LogP contribution in [0.25, 0.3) is 0 Å². The van der Waals surface area contributed by atoms with Gasteiger partial charge in [0.25, 0.3) is 0 Å². The van der Waals surface area contributed by atoms with Crippen LogP contribution in [0.3, 0.4) is 0 Å². The van der Waals surface area contributed by atoms with Gasteiger partial charge in [-0.1, -0.05) is 0 Å². The fourth-order valence-electron chi connectivity index (χ4n) is 0.827. The first kappa shape index (κ1) is 6.47. The van der Waals surface area contributed by atoms with Crippen LogP contribution in [0.5, 0.6) is 0 Å². The van der Waals surface area contributed by atoms with Gasteiger partial charge >= 0.3 is 0 Å². The summed E-state index contributed by atoms with van der Waals surface area (Å²) in [6.07, 6.45) is 3.14. The molecular formula is C5H11O2P. The fraction of sp³-hybridized carbons (Fsp3) is 1.00. The Balaban J connectivity index is 2.33. The molecule has 0 aliphatic carbocycles. The van der Waals surface area contributed by atoms with Crippen LogP contribution < -0.4 is 0 Å². The highest BCUT2D eigenvalue weighted by atomic mass is 31.1. The topological polar surface area (TPSA) is 40.5 Å². The van der Waals surface area contributed by atoms with E-state index >= 15 is 0 Å². The van der Waals surface area contributed by atoms with E-state index in [1.54, 1.807) is 0 Å². The summed E-state index contributed by atoms with van der Waals surface area (Å²) in [7, 11) is 0.948. The molecule has 1 heterocycles. The van der Waals surface area contributed by atoms with Crippen molar-refractivity contribution in [2.75, 3.05) is 12.3 Å². The molecule has 1 rings (SSSR count). The Labute approximate surface area is 50.7 Å². The summed E-state index contributed by atoms with van der Waals surface area (Å²) in [6, 6.07) is 0. The quantitative estimate of drug-likeness (QED) is 0.365. The van der Waals surface area contributed by atoms with Crippen molar-refractivity contribution in [1.29, 1.82) is 0 Å². The van der Waals surface area contributed by atoms with E-state index in [2.05, 4.69) is 0 Å². The maximum atomic E-state index is 8.93. The first-order valence-corrected chi connectivity index (χ1v) is 4.28. The predicted molar refractivity (Wildman–Crippen MR) is 34.5 cm³/mol. The molecule has 0 bridgehead atoms. The van der Waals surface area contributed by atoms with E-state index in [0.29, 0.717) is 12.8 Å². The van der Waals surface area contributed by atoms with Crippen LogP contribution >= 0.6 is 8.58 Å². The van der Waals surface area contributed by atoms with Crippen molar-refractivity contribution in [3.8, 4) is 0 Å². The highest BCUT2D eigenvalue weighted by molar-refractivity contribution is 7.38. The molecule has 1 aliphatic rings. The second-order valence-corrected chi connectivity index (χ2v) is 3.73. The zero-order valence-corrected chi connectivity index (χ0v) is 5.72. The minimum absolute atomic E-state index is 0.575. The van der Waals surface area contributed by atoms with Crippen LogP contribution in [-0.2, 0) is 0 Å². The molecule has 0 aromatic heterocycles. The summed E-state index contributed by atoms with van der Waals surface area (Å²) in [5.41, 5.74) is 0. The number of hydrogen-bond donors (Lipinski definition) is 2. The average Bonchev–Trinajstić information content (AvgIpc) is 1.65. The largest absolute Gasteiger partial charge is 0.366 e. The lowest BCUT2D eigenvalue weighted by molar-refractivity contribution is -0.164. The Morgan fingerprint density at radius 3 is 1.88 bits per heavy atom. The van der Waals surface area contributed by atoms with Crippen molar-refractivity contribution >= 4 is 8.58 Å². The second-order valence-electron chi connectivity index (χ2n) is 2.23. The highest BCUT2D eigenvalue weighted by Gasteiger charge is 2.24. The molecule has 0 amide bonds. The van der Waals surface area contributed by atoms with Gasteiger partial charge in [-0.3, -0.25) is 0 Å². The summed E-state index contributed by atoms with van der Waals surface area (Å²) >= 11 is 0. The third-order valence-electron chi connectivity index (χ3n) is 1.40. The van der Waals surface area contributed by atoms with Crippen LogP contribution in [0.15, 0.2) is 0 Å². The van der Waals surface area contributed by atoms with Crippen molar-refractivity contribution in [3.05, 3.63) is 0 Å². The molecule has 48 valence electrons. The first-order chi connectivity index (χ1) is 3.71. The van der Waals surface area contributed by atoms with Crippen LogP contribution in [0.2, 0.25) is 0 Å².